The summed E-state index contributed by atoms with van der Waals surface area (Å²) in [7, 11) is 0. The highest BCUT2D eigenvalue weighted by Gasteiger charge is 2.51. The number of guanidine groups is 2. The summed E-state index contributed by atoms with van der Waals surface area (Å²) in [6, 6.07) is 35.0. The maximum atomic E-state index is 14.1. The molecule has 0 fully saturated rings. The van der Waals surface area contributed by atoms with Crippen LogP contribution < -0.4 is 21.8 Å². The van der Waals surface area contributed by atoms with Gasteiger partial charge in [0, 0.05) is 33.8 Å². The number of halogens is 1. The molecule has 0 bridgehead atoms. The van der Waals surface area contributed by atoms with E-state index < -0.39 is 22.7 Å². The SMILES string of the molecule is NC1=NC(Nc2ccccc2)=N[N+]1(Nc1nc(Nc2cccc(Cl)c2)nn1C(=O)CC(c1ccccc1)c1ccccc1)C(=O)O. The van der Waals surface area contributed by atoms with Crippen molar-refractivity contribution in [2.45, 2.75) is 12.3 Å². The third-order valence-electron chi connectivity index (χ3n) is 7.07. The predicted octanol–water partition coefficient (Wildman–Crippen LogP) is 6.07. The topological polar surface area (TPSA) is 172 Å². The van der Waals surface area contributed by atoms with Gasteiger partial charge in [-0.05, 0) is 41.5 Å². The molecule has 1 atom stereocenters. The zero-order valence-electron chi connectivity index (χ0n) is 24.2. The summed E-state index contributed by atoms with van der Waals surface area (Å²) in [5.74, 6) is -1.54. The first-order valence-corrected chi connectivity index (χ1v) is 14.5. The maximum Gasteiger partial charge on any atom is 0.575 e. The van der Waals surface area contributed by atoms with E-state index in [0.717, 1.165) is 15.8 Å². The number of rotatable bonds is 9. The Kier molecular flexibility index (Phi) is 8.41. The van der Waals surface area contributed by atoms with E-state index in [2.05, 4.69) is 36.2 Å². The number of nitrogens with one attached hydrogen (secondary N) is 3. The molecule has 1 aliphatic rings. The smallest absolute Gasteiger partial charge is 0.431 e. The van der Waals surface area contributed by atoms with E-state index >= 15 is 0 Å². The quantitative estimate of drug-likeness (QED) is 0.120. The number of carboxylic acid groups (broad SMARTS) is 1. The molecule has 0 spiro atoms. The van der Waals surface area contributed by atoms with Crippen molar-refractivity contribution in [3.05, 3.63) is 131 Å². The van der Waals surface area contributed by atoms with Gasteiger partial charge in [0.05, 0.1) is 4.70 Å². The normalized spacial score (nSPS) is 15.6. The summed E-state index contributed by atoms with van der Waals surface area (Å²) in [5, 5.41) is 25.4. The van der Waals surface area contributed by atoms with Crippen LogP contribution in [-0.4, -0.2) is 48.5 Å². The van der Waals surface area contributed by atoms with Crippen LogP contribution in [-0.2, 0) is 0 Å². The first-order valence-electron chi connectivity index (χ1n) is 14.1. The number of para-hydroxylation sites is 1. The van der Waals surface area contributed by atoms with Gasteiger partial charge < -0.3 is 21.5 Å². The highest BCUT2D eigenvalue weighted by molar-refractivity contribution is 6.30. The zero-order chi connectivity index (χ0) is 32.1. The summed E-state index contributed by atoms with van der Waals surface area (Å²) in [4.78, 5) is 35.4. The highest BCUT2D eigenvalue weighted by atomic mass is 35.5. The first-order chi connectivity index (χ1) is 22.3. The molecule has 0 saturated carbocycles. The Labute approximate surface area is 268 Å². The number of benzene rings is 4. The Morgan fingerprint density at radius 2 is 1.46 bits per heavy atom. The van der Waals surface area contributed by atoms with Gasteiger partial charge >= 0.3 is 12.1 Å². The second kappa shape index (κ2) is 12.9. The summed E-state index contributed by atoms with van der Waals surface area (Å²) in [6.07, 6.45) is -1.55. The van der Waals surface area contributed by atoms with Crippen molar-refractivity contribution in [1.82, 2.24) is 14.8 Å². The predicted molar refractivity (Wildman–Crippen MR) is 176 cm³/mol. The molecule has 6 N–H and O–H groups in total. The standard InChI is InChI=1S/C32H27ClN10O3/c33-23-15-10-18-25(19-23)36-29-38-31(41-43(32(45)46)28(34)37-30(40-43)35-24-16-8-3-9-17-24)42(39-29)27(44)20-26(21-11-4-1-5-12-21)22-13-6-2-7-14-22/h1-19,26H,20H2,(H5-,34,35,36,37,38,39,40,41,45,46)/p+1. The van der Waals surface area contributed by atoms with Crippen molar-refractivity contribution >= 4 is 58.8 Å². The van der Waals surface area contributed by atoms with Gasteiger partial charge in [0.2, 0.25) is 5.95 Å². The summed E-state index contributed by atoms with van der Waals surface area (Å²) in [6.45, 7) is 0. The Hall–Kier alpha value is -6.05. The molecular weight excluding hydrogens is 608 g/mol. The highest BCUT2D eigenvalue weighted by Crippen LogP contribution is 2.30. The number of carbonyl (C=O) groups excluding carboxylic acids is 1. The average molecular weight is 636 g/mol. The van der Waals surface area contributed by atoms with Crippen LogP contribution in [0.4, 0.5) is 28.1 Å². The second-order valence-electron chi connectivity index (χ2n) is 10.2. The lowest BCUT2D eigenvalue weighted by Crippen LogP contribution is -2.58. The fourth-order valence-corrected chi connectivity index (χ4v) is 5.07. The number of hydrogen-bond acceptors (Lipinski definition) is 10. The Morgan fingerprint density at radius 1 is 0.848 bits per heavy atom. The van der Waals surface area contributed by atoms with Crippen molar-refractivity contribution in [1.29, 1.82) is 0 Å². The van der Waals surface area contributed by atoms with Crippen LogP contribution in [0.25, 0.3) is 0 Å². The molecule has 1 unspecified atom stereocenters. The van der Waals surface area contributed by atoms with Gasteiger partial charge in [-0.15, -0.1) is 10.1 Å². The van der Waals surface area contributed by atoms with Gasteiger partial charge in [0.25, 0.3) is 17.8 Å². The lowest BCUT2D eigenvalue weighted by atomic mass is 9.88. The molecular formula is C32H28ClN10O3+. The van der Waals surface area contributed by atoms with Crippen molar-refractivity contribution < 1.29 is 19.4 Å². The number of quaternary nitrogens is 1. The van der Waals surface area contributed by atoms with E-state index in [1.54, 1.807) is 48.5 Å². The molecule has 4 aromatic carbocycles. The molecule has 0 radical (unpaired) electrons. The van der Waals surface area contributed by atoms with Crippen molar-refractivity contribution in [3.63, 3.8) is 0 Å². The van der Waals surface area contributed by atoms with Crippen LogP contribution in [0.15, 0.2) is 125 Å². The van der Waals surface area contributed by atoms with E-state index in [4.69, 9.17) is 17.3 Å². The summed E-state index contributed by atoms with van der Waals surface area (Å²) in [5.41, 5.74) is 11.9. The van der Waals surface area contributed by atoms with Crippen LogP contribution in [0.5, 0.6) is 0 Å². The van der Waals surface area contributed by atoms with E-state index in [-0.39, 0.29) is 30.2 Å². The van der Waals surface area contributed by atoms with E-state index in [9.17, 15) is 14.7 Å². The van der Waals surface area contributed by atoms with E-state index in [1.807, 2.05) is 66.7 Å². The van der Waals surface area contributed by atoms with Gasteiger partial charge in [0.1, 0.15) is 0 Å². The lowest BCUT2D eigenvalue weighted by Gasteiger charge is -2.21. The number of aliphatic imine (C=N–C) groups is 1. The molecule has 230 valence electrons. The van der Waals surface area contributed by atoms with Crippen molar-refractivity contribution in [2.24, 2.45) is 15.8 Å². The zero-order valence-corrected chi connectivity index (χ0v) is 24.9. The molecule has 1 aliphatic heterocycles. The molecule has 6 rings (SSSR count). The largest absolute Gasteiger partial charge is 0.575 e. The Morgan fingerprint density at radius 3 is 2.07 bits per heavy atom. The number of anilines is 4. The molecule has 1 amide bonds. The number of carbonyl (C=O) groups is 2. The van der Waals surface area contributed by atoms with Crippen LogP contribution in [0.2, 0.25) is 5.02 Å². The number of aromatic nitrogens is 3. The molecule has 5 aromatic rings. The van der Waals surface area contributed by atoms with Crippen molar-refractivity contribution in [2.75, 3.05) is 16.1 Å². The maximum absolute atomic E-state index is 14.1. The third-order valence-corrected chi connectivity index (χ3v) is 7.31. The molecule has 2 heterocycles. The van der Waals surface area contributed by atoms with Crippen LogP contribution in [0.3, 0.4) is 0 Å². The van der Waals surface area contributed by atoms with Crippen LogP contribution >= 0.6 is 11.6 Å². The van der Waals surface area contributed by atoms with Crippen molar-refractivity contribution in [3.8, 4) is 0 Å². The van der Waals surface area contributed by atoms with Gasteiger partial charge in [0.15, 0.2) is 0 Å². The third kappa shape index (κ3) is 6.40. The van der Waals surface area contributed by atoms with E-state index in [0.29, 0.717) is 16.4 Å². The summed E-state index contributed by atoms with van der Waals surface area (Å²) < 4.78 is -0.418. The molecule has 1 aromatic heterocycles. The molecule has 46 heavy (non-hydrogen) atoms. The van der Waals surface area contributed by atoms with Crippen LogP contribution in [0, 0.1) is 0 Å². The fraction of sp³-hybridized carbons (Fsp3) is 0.0625. The Bertz CT molecular complexity index is 1890. The monoisotopic (exact) mass is 635 g/mol. The minimum Gasteiger partial charge on any atom is -0.431 e. The molecule has 13 nitrogen and oxygen atoms in total. The fourth-order valence-electron chi connectivity index (χ4n) is 4.88. The van der Waals surface area contributed by atoms with Gasteiger partial charge in [-0.2, -0.15) is 19.9 Å². The minimum absolute atomic E-state index is 0.000974. The molecule has 0 aliphatic carbocycles. The number of nitrogens with two attached hydrogens (primary N) is 1. The second-order valence-corrected chi connectivity index (χ2v) is 10.6. The van der Waals surface area contributed by atoms with Gasteiger partial charge in [-0.3, -0.25) is 4.79 Å². The average Bonchev–Trinajstić information content (AvgIpc) is 3.60. The lowest BCUT2D eigenvalue weighted by molar-refractivity contribution is -0.748. The first kappa shape index (κ1) is 30.0. The van der Waals surface area contributed by atoms with Gasteiger partial charge in [-0.1, -0.05) is 96.5 Å². The van der Waals surface area contributed by atoms with E-state index in [1.165, 1.54) is 0 Å². The van der Waals surface area contributed by atoms with Crippen LogP contribution in [0.1, 0.15) is 28.3 Å². The number of amides is 1. The Balaban J connectivity index is 1.38. The number of nitrogens with zero attached hydrogens (tertiary/aromatic N) is 6. The number of hydrogen-bond donors (Lipinski definition) is 5. The molecule has 14 heteroatoms. The minimum atomic E-state index is -1.52. The molecule has 0 saturated heterocycles. The van der Waals surface area contributed by atoms with Gasteiger partial charge in [-0.25, -0.2) is 0 Å². The summed E-state index contributed by atoms with van der Waals surface area (Å²) >= 11 is 6.16.